The molecule has 0 saturated heterocycles. The molecular formula is C21H20N2O5. The number of benzene rings is 2. The van der Waals surface area contributed by atoms with Gasteiger partial charge in [0.25, 0.3) is 5.91 Å². The number of methoxy groups -OCH3 is 2. The van der Waals surface area contributed by atoms with E-state index in [0.29, 0.717) is 23.6 Å². The SMILES string of the molecule is COc1cccc(CNC(=O)COC(=O)c2ccc3cc(OC)ccc3n2)c1. The van der Waals surface area contributed by atoms with Gasteiger partial charge in [-0.05, 0) is 42.0 Å². The lowest BCUT2D eigenvalue weighted by Gasteiger charge is -2.08. The van der Waals surface area contributed by atoms with Crippen molar-refractivity contribution in [3.05, 3.63) is 65.9 Å². The van der Waals surface area contributed by atoms with E-state index in [0.717, 1.165) is 10.9 Å². The number of fused-ring (bicyclic) bond motifs is 1. The maximum atomic E-state index is 12.2. The van der Waals surface area contributed by atoms with Crippen molar-refractivity contribution in [2.45, 2.75) is 6.54 Å². The van der Waals surface area contributed by atoms with Crippen molar-refractivity contribution in [1.29, 1.82) is 0 Å². The second-order valence-electron chi connectivity index (χ2n) is 5.96. The molecule has 0 unspecified atom stereocenters. The molecule has 1 amide bonds. The van der Waals surface area contributed by atoms with Crippen molar-refractivity contribution in [3.8, 4) is 11.5 Å². The van der Waals surface area contributed by atoms with Gasteiger partial charge < -0.3 is 19.5 Å². The molecule has 0 bridgehead atoms. The highest BCUT2D eigenvalue weighted by molar-refractivity contribution is 5.92. The molecule has 0 aliphatic carbocycles. The summed E-state index contributed by atoms with van der Waals surface area (Å²) in [5.41, 5.74) is 1.65. The molecule has 0 fully saturated rings. The van der Waals surface area contributed by atoms with Gasteiger partial charge in [-0.2, -0.15) is 0 Å². The average molecular weight is 380 g/mol. The Hall–Kier alpha value is -3.61. The minimum absolute atomic E-state index is 0.137. The number of nitrogens with zero attached hydrogens (tertiary/aromatic N) is 1. The van der Waals surface area contributed by atoms with Crippen molar-refractivity contribution in [2.24, 2.45) is 0 Å². The van der Waals surface area contributed by atoms with Crippen LogP contribution in [0.5, 0.6) is 11.5 Å². The number of ether oxygens (including phenoxy) is 3. The second-order valence-corrected chi connectivity index (χ2v) is 5.96. The average Bonchev–Trinajstić information content (AvgIpc) is 2.75. The van der Waals surface area contributed by atoms with Gasteiger partial charge in [0.05, 0.1) is 19.7 Å². The Morgan fingerprint density at radius 1 is 0.964 bits per heavy atom. The van der Waals surface area contributed by atoms with Gasteiger partial charge in [-0.15, -0.1) is 0 Å². The summed E-state index contributed by atoms with van der Waals surface area (Å²) in [6, 6.07) is 16.0. The van der Waals surface area contributed by atoms with Crippen LogP contribution in [0, 0.1) is 0 Å². The highest BCUT2D eigenvalue weighted by Crippen LogP contribution is 2.19. The zero-order chi connectivity index (χ0) is 19.9. The minimum Gasteiger partial charge on any atom is -0.497 e. The number of aromatic nitrogens is 1. The summed E-state index contributed by atoms with van der Waals surface area (Å²) in [4.78, 5) is 28.4. The summed E-state index contributed by atoms with van der Waals surface area (Å²) in [6.45, 7) is -0.0746. The molecule has 0 spiro atoms. The van der Waals surface area contributed by atoms with E-state index in [-0.39, 0.29) is 12.3 Å². The first-order valence-electron chi connectivity index (χ1n) is 8.60. The zero-order valence-corrected chi connectivity index (χ0v) is 15.6. The van der Waals surface area contributed by atoms with Crippen LogP contribution in [0.1, 0.15) is 16.1 Å². The number of amides is 1. The number of carbonyl (C=O) groups excluding carboxylic acids is 2. The summed E-state index contributed by atoms with van der Waals surface area (Å²) < 4.78 is 15.4. The molecule has 3 aromatic rings. The summed E-state index contributed by atoms with van der Waals surface area (Å²) in [6.07, 6.45) is 0. The molecule has 1 heterocycles. The zero-order valence-electron chi connectivity index (χ0n) is 15.6. The summed E-state index contributed by atoms with van der Waals surface area (Å²) in [7, 11) is 3.16. The van der Waals surface area contributed by atoms with Gasteiger partial charge in [0.1, 0.15) is 17.2 Å². The van der Waals surface area contributed by atoms with Crippen LogP contribution in [0.4, 0.5) is 0 Å². The van der Waals surface area contributed by atoms with Crippen LogP contribution in [0.25, 0.3) is 10.9 Å². The highest BCUT2D eigenvalue weighted by atomic mass is 16.5. The molecule has 0 saturated carbocycles. The molecule has 28 heavy (non-hydrogen) atoms. The molecule has 7 nitrogen and oxygen atoms in total. The number of carbonyl (C=O) groups is 2. The number of esters is 1. The smallest absolute Gasteiger partial charge is 0.357 e. The Kier molecular flexibility index (Phi) is 6.06. The first kappa shape index (κ1) is 19.2. The van der Waals surface area contributed by atoms with Crippen molar-refractivity contribution in [3.63, 3.8) is 0 Å². The molecule has 0 aliphatic heterocycles. The predicted molar refractivity (Wildman–Crippen MR) is 103 cm³/mol. The number of nitrogens with one attached hydrogen (secondary N) is 1. The lowest BCUT2D eigenvalue weighted by Crippen LogP contribution is -2.28. The molecular weight excluding hydrogens is 360 g/mol. The summed E-state index contributed by atoms with van der Waals surface area (Å²) in [5, 5.41) is 3.53. The monoisotopic (exact) mass is 380 g/mol. The molecule has 0 aliphatic rings. The predicted octanol–water partition coefficient (Wildman–Crippen LogP) is 2.73. The van der Waals surface area contributed by atoms with E-state index >= 15 is 0 Å². The van der Waals surface area contributed by atoms with Crippen LogP contribution in [0.2, 0.25) is 0 Å². The summed E-state index contributed by atoms with van der Waals surface area (Å²) >= 11 is 0. The maximum absolute atomic E-state index is 12.2. The van der Waals surface area contributed by atoms with Crippen LogP contribution < -0.4 is 14.8 Å². The minimum atomic E-state index is -0.658. The number of rotatable bonds is 7. The van der Waals surface area contributed by atoms with Gasteiger partial charge in [0, 0.05) is 11.9 Å². The van der Waals surface area contributed by atoms with Crippen molar-refractivity contribution in [2.75, 3.05) is 20.8 Å². The fourth-order valence-electron chi connectivity index (χ4n) is 2.58. The van der Waals surface area contributed by atoms with Crippen molar-refractivity contribution < 1.29 is 23.8 Å². The molecule has 1 aromatic heterocycles. The number of pyridine rings is 1. The van der Waals surface area contributed by atoms with E-state index in [2.05, 4.69) is 10.3 Å². The molecule has 1 N–H and O–H groups in total. The molecule has 7 heteroatoms. The van der Waals surface area contributed by atoms with E-state index in [4.69, 9.17) is 14.2 Å². The first-order valence-corrected chi connectivity index (χ1v) is 8.60. The molecule has 2 aromatic carbocycles. The van der Waals surface area contributed by atoms with Gasteiger partial charge in [-0.25, -0.2) is 9.78 Å². The molecule has 3 rings (SSSR count). The van der Waals surface area contributed by atoms with Crippen LogP contribution >= 0.6 is 0 Å². The Labute approximate surface area is 162 Å². The van der Waals surface area contributed by atoms with Crippen LogP contribution in [0.15, 0.2) is 54.6 Å². The third kappa shape index (κ3) is 4.76. The standard InChI is InChI=1S/C21H20N2O5/c1-26-16-5-3-4-14(10-16)12-22-20(24)13-28-21(25)19-8-6-15-11-17(27-2)7-9-18(15)23-19/h3-11H,12-13H2,1-2H3,(H,22,24). The van der Waals surface area contributed by atoms with Gasteiger partial charge in [-0.1, -0.05) is 18.2 Å². The van der Waals surface area contributed by atoms with Crippen molar-refractivity contribution >= 4 is 22.8 Å². The van der Waals surface area contributed by atoms with E-state index < -0.39 is 11.9 Å². The van der Waals surface area contributed by atoms with E-state index in [9.17, 15) is 9.59 Å². The number of hydrogen-bond donors (Lipinski definition) is 1. The lowest BCUT2D eigenvalue weighted by atomic mass is 10.2. The Morgan fingerprint density at radius 3 is 2.54 bits per heavy atom. The maximum Gasteiger partial charge on any atom is 0.357 e. The van der Waals surface area contributed by atoms with Gasteiger partial charge in [0.15, 0.2) is 6.61 Å². The number of hydrogen-bond acceptors (Lipinski definition) is 6. The van der Waals surface area contributed by atoms with Crippen molar-refractivity contribution in [1.82, 2.24) is 10.3 Å². The third-order valence-electron chi connectivity index (χ3n) is 4.06. The van der Waals surface area contributed by atoms with E-state index in [1.54, 1.807) is 38.5 Å². The molecule has 0 radical (unpaired) electrons. The highest BCUT2D eigenvalue weighted by Gasteiger charge is 2.12. The molecule has 144 valence electrons. The largest absolute Gasteiger partial charge is 0.497 e. The van der Waals surface area contributed by atoms with E-state index in [1.807, 2.05) is 30.3 Å². The van der Waals surface area contributed by atoms with Gasteiger partial charge in [0.2, 0.25) is 0 Å². The summed E-state index contributed by atoms with van der Waals surface area (Å²) in [5.74, 6) is 0.353. The normalized spacial score (nSPS) is 10.4. The van der Waals surface area contributed by atoms with Gasteiger partial charge >= 0.3 is 5.97 Å². The fourth-order valence-corrected chi connectivity index (χ4v) is 2.58. The van der Waals surface area contributed by atoms with Crippen LogP contribution in [-0.2, 0) is 16.1 Å². The van der Waals surface area contributed by atoms with Crippen LogP contribution in [0.3, 0.4) is 0 Å². The third-order valence-corrected chi connectivity index (χ3v) is 4.06. The molecule has 0 atom stereocenters. The fraction of sp³-hybridized carbons (Fsp3) is 0.190. The second kappa shape index (κ2) is 8.85. The van der Waals surface area contributed by atoms with Crippen LogP contribution in [-0.4, -0.2) is 37.7 Å². The quantitative estimate of drug-likeness (QED) is 0.634. The van der Waals surface area contributed by atoms with Gasteiger partial charge in [-0.3, -0.25) is 4.79 Å². The Morgan fingerprint density at radius 2 is 1.75 bits per heavy atom. The Bertz CT molecular complexity index is 1000. The topological polar surface area (TPSA) is 86.8 Å². The first-order chi connectivity index (χ1) is 13.6. The lowest BCUT2D eigenvalue weighted by molar-refractivity contribution is -0.124. The Balaban J connectivity index is 1.54. The van der Waals surface area contributed by atoms with E-state index in [1.165, 1.54) is 0 Å².